The number of anilines is 1. The number of carboxylic acid groups (broad SMARTS) is 1. The number of carboxylic acids is 1. The number of rotatable bonds is 6. The van der Waals surface area contributed by atoms with E-state index >= 15 is 0 Å². The first kappa shape index (κ1) is 15.4. The van der Waals surface area contributed by atoms with Crippen molar-refractivity contribution in [1.29, 1.82) is 0 Å². The van der Waals surface area contributed by atoms with Crippen LogP contribution in [0.1, 0.15) is 45.1 Å². The van der Waals surface area contributed by atoms with Crippen molar-refractivity contribution in [3.63, 3.8) is 0 Å². The Morgan fingerprint density at radius 2 is 1.79 bits per heavy atom. The minimum atomic E-state index is -1.32. The van der Waals surface area contributed by atoms with E-state index in [0.717, 1.165) is 6.07 Å². The zero-order chi connectivity index (χ0) is 14.6. The Hall–Kier alpha value is -1.65. The fraction of sp³-hybridized carbons (Fsp3) is 0.500. The van der Waals surface area contributed by atoms with Crippen molar-refractivity contribution >= 4 is 11.7 Å². The van der Waals surface area contributed by atoms with Crippen LogP contribution in [0.5, 0.6) is 0 Å². The minimum Gasteiger partial charge on any atom is -0.481 e. The first-order valence-corrected chi connectivity index (χ1v) is 6.37. The second kappa shape index (κ2) is 5.99. The second-order valence-electron chi connectivity index (χ2n) is 4.74. The largest absolute Gasteiger partial charge is 0.481 e. The van der Waals surface area contributed by atoms with E-state index < -0.39 is 23.0 Å². The topological polar surface area (TPSA) is 63.3 Å². The van der Waals surface area contributed by atoms with Crippen LogP contribution < -0.4 is 5.73 Å². The van der Waals surface area contributed by atoms with Crippen LogP contribution in [0, 0.1) is 11.6 Å². The molecule has 0 atom stereocenters. The SMILES string of the molecule is CCCC(CCC)(C(=O)O)c1cc(F)cc(F)c1N. The van der Waals surface area contributed by atoms with Gasteiger partial charge in [-0.05, 0) is 24.5 Å². The van der Waals surface area contributed by atoms with Crippen LogP contribution in [-0.4, -0.2) is 11.1 Å². The molecule has 0 spiro atoms. The highest BCUT2D eigenvalue weighted by molar-refractivity contribution is 5.83. The number of carbonyl (C=O) groups is 1. The van der Waals surface area contributed by atoms with E-state index in [1.807, 2.05) is 13.8 Å². The molecule has 1 aromatic carbocycles. The Morgan fingerprint density at radius 1 is 1.26 bits per heavy atom. The van der Waals surface area contributed by atoms with Gasteiger partial charge < -0.3 is 10.8 Å². The summed E-state index contributed by atoms with van der Waals surface area (Å²) in [6, 6.07) is 1.71. The van der Waals surface area contributed by atoms with Gasteiger partial charge in [0.25, 0.3) is 0 Å². The van der Waals surface area contributed by atoms with Crippen LogP contribution in [0.15, 0.2) is 12.1 Å². The maximum atomic E-state index is 13.6. The minimum absolute atomic E-state index is 0.0428. The van der Waals surface area contributed by atoms with Gasteiger partial charge in [0, 0.05) is 6.07 Å². The molecule has 0 heterocycles. The standard InChI is InChI=1S/C14H19F2NO2/c1-3-5-14(6-4-2,13(18)19)10-7-9(15)8-11(16)12(10)17/h7-8H,3-6,17H2,1-2H3,(H,18,19). The lowest BCUT2D eigenvalue weighted by molar-refractivity contribution is -0.144. The van der Waals surface area contributed by atoms with E-state index in [-0.39, 0.29) is 11.3 Å². The Morgan fingerprint density at radius 3 is 2.21 bits per heavy atom. The molecular formula is C14H19F2NO2. The van der Waals surface area contributed by atoms with Gasteiger partial charge in [0.15, 0.2) is 0 Å². The highest BCUT2D eigenvalue weighted by Gasteiger charge is 2.41. The van der Waals surface area contributed by atoms with Gasteiger partial charge in [0.1, 0.15) is 11.6 Å². The third-order valence-corrected chi connectivity index (χ3v) is 3.37. The van der Waals surface area contributed by atoms with E-state index in [4.69, 9.17) is 5.73 Å². The van der Waals surface area contributed by atoms with Crippen LogP contribution in [0.2, 0.25) is 0 Å². The van der Waals surface area contributed by atoms with Gasteiger partial charge >= 0.3 is 5.97 Å². The molecule has 0 radical (unpaired) electrons. The first-order chi connectivity index (χ1) is 8.89. The molecule has 106 valence electrons. The Balaban J connectivity index is 3.51. The summed E-state index contributed by atoms with van der Waals surface area (Å²) >= 11 is 0. The van der Waals surface area contributed by atoms with Crippen molar-refractivity contribution in [3.05, 3.63) is 29.3 Å². The molecular weight excluding hydrogens is 252 g/mol. The predicted octanol–water partition coefficient (Wildman–Crippen LogP) is 3.47. The van der Waals surface area contributed by atoms with Crippen LogP contribution >= 0.6 is 0 Å². The van der Waals surface area contributed by atoms with Gasteiger partial charge in [-0.25, -0.2) is 8.78 Å². The lowest BCUT2D eigenvalue weighted by Gasteiger charge is -2.30. The summed E-state index contributed by atoms with van der Waals surface area (Å²) in [4.78, 5) is 11.7. The summed E-state index contributed by atoms with van der Waals surface area (Å²) in [6.45, 7) is 3.67. The number of nitrogens with two attached hydrogens (primary N) is 1. The number of hydrogen-bond donors (Lipinski definition) is 2. The van der Waals surface area contributed by atoms with Crippen LogP contribution in [0.25, 0.3) is 0 Å². The lowest BCUT2D eigenvalue weighted by atomic mass is 9.72. The molecule has 0 aliphatic carbocycles. The molecule has 0 aliphatic rings. The second-order valence-corrected chi connectivity index (χ2v) is 4.74. The Labute approximate surface area is 111 Å². The van der Waals surface area contributed by atoms with Crippen molar-refractivity contribution in [2.45, 2.75) is 44.9 Å². The average Bonchev–Trinajstić information content (AvgIpc) is 2.33. The summed E-state index contributed by atoms with van der Waals surface area (Å²) < 4.78 is 27.0. The molecule has 0 saturated heterocycles. The molecule has 3 nitrogen and oxygen atoms in total. The first-order valence-electron chi connectivity index (χ1n) is 6.37. The van der Waals surface area contributed by atoms with E-state index in [1.54, 1.807) is 0 Å². The highest BCUT2D eigenvalue weighted by atomic mass is 19.1. The maximum absolute atomic E-state index is 13.6. The molecule has 1 aromatic rings. The number of benzene rings is 1. The third kappa shape index (κ3) is 2.85. The summed E-state index contributed by atoms with van der Waals surface area (Å²) in [5.74, 6) is -2.81. The zero-order valence-electron chi connectivity index (χ0n) is 11.2. The number of aliphatic carboxylic acids is 1. The van der Waals surface area contributed by atoms with E-state index in [9.17, 15) is 18.7 Å². The van der Waals surface area contributed by atoms with Crippen LogP contribution in [0.4, 0.5) is 14.5 Å². The molecule has 0 amide bonds. The van der Waals surface area contributed by atoms with Crippen LogP contribution in [0.3, 0.4) is 0 Å². The normalized spacial score (nSPS) is 11.6. The van der Waals surface area contributed by atoms with E-state index in [0.29, 0.717) is 31.7 Å². The van der Waals surface area contributed by atoms with Crippen LogP contribution in [-0.2, 0) is 10.2 Å². The summed E-state index contributed by atoms with van der Waals surface area (Å²) in [6.07, 6.45) is 1.76. The average molecular weight is 271 g/mol. The lowest BCUT2D eigenvalue weighted by Crippen LogP contribution is -2.37. The molecule has 0 bridgehead atoms. The zero-order valence-corrected chi connectivity index (χ0v) is 11.2. The molecule has 1 rings (SSSR count). The van der Waals surface area contributed by atoms with Crippen molar-refractivity contribution in [1.82, 2.24) is 0 Å². The van der Waals surface area contributed by atoms with E-state index in [1.165, 1.54) is 0 Å². The number of hydrogen-bond acceptors (Lipinski definition) is 2. The molecule has 5 heteroatoms. The predicted molar refractivity (Wildman–Crippen MR) is 69.9 cm³/mol. The fourth-order valence-electron chi connectivity index (χ4n) is 2.56. The molecule has 0 fully saturated rings. The Kier molecular flexibility index (Phi) is 4.86. The Bertz CT molecular complexity index is 469. The fourth-order valence-corrected chi connectivity index (χ4v) is 2.56. The quantitative estimate of drug-likeness (QED) is 0.779. The van der Waals surface area contributed by atoms with Gasteiger partial charge in [-0.2, -0.15) is 0 Å². The molecule has 0 saturated carbocycles. The highest BCUT2D eigenvalue weighted by Crippen LogP contribution is 2.39. The molecule has 0 aliphatic heterocycles. The number of nitrogen functional groups attached to an aromatic ring is 1. The van der Waals surface area contributed by atoms with Gasteiger partial charge in [-0.3, -0.25) is 4.79 Å². The van der Waals surface area contributed by atoms with Gasteiger partial charge in [-0.1, -0.05) is 26.7 Å². The van der Waals surface area contributed by atoms with Gasteiger partial charge in [0.05, 0.1) is 11.1 Å². The third-order valence-electron chi connectivity index (χ3n) is 3.37. The smallest absolute Gasteiger partial charge is 0.314 e. The molecule has 3 N–H and O–H groups in total. The van der Waals surface area contributed by atoms with Crippen molar-refractivity contribution < 1.29 is 18.7 Å². The van der Waals surface area contributed by atoms with Gasteiger partial charge in [0.2, 0.25) is 0 Å². The van der Waals surface area contributed by atoms with Crippen molar-refractivity contribution in [2.75, 3.05) is 5.73 Å². The molecule has 0 aromatic heterocycles. The molecule has 0 unspecified atom stereocenters. The monoisotopic (exact) mass is 271 g/mol. The van der Waals surface area contributed by atoms with Crippen molar-refractivity contribution in [3.8, 4) is 0 Å². The maximum Gasteiger partial charge on any atom is 0.314 e. The van der Waals surface area contributed by atoms with Gasteiger partial charge in [-0.15, -0.1) is 0 Å². The number of halogens is 2. The van der Waals surface area contributed by atoms with E-state index in [2.05, 4.69) is 0 Å². The summed E-state index contributed by atoms with van der Waals surface area (Å²) in [7, 11) is 0. The molecule has 19 heavy (non-hydrogen) atoms. The summed E-state index contributed by atoms with van der Waals surface area (Å²) in [5, 5.41) is 9.55. The van der Waals surface area contributed by atoms with Crippen molar-refractivity contribution in [2.24, 2.45) is 0 Å². The summed E-state index contributed by atoms with van der Waals surface area (Å²) in [5.41, 5.74) is 4.08.